The van der Waals surface area contributed by atoms with Crippen molar-refractivity contribution in [3.8, 4) is 45.3 Å². The third-order valence-corrected chi connectivity index (χ3v) is 9.70. The van der Waals surface area contributed by atoms with Crippen LogP contribution in [-0.4, -0.2) is 15.0 Å². The molecule has 10 rings (SSSR count). The van der Waals surface area contributed by atoms with Crippen LogP contribution < -0.4 is 0 Å². The highest BCUT2D eigenvalue weighted by Crippen LogP contribution is 2.40. The molecule has 0 fully saturated rings. The molecule has 1 aliphatic rings. The molecule has 0 aliphatic heterocycles. The average molecular weight is 644 g/mol. The lowest BCUT2D eigenvalue weighted by Crippen LogP contribution is -2.00. The molecule has 0 bridgehead atoms. The molecule has 236 valence electrons. The highest BCUT2D eigenvalue weighted by atomic mass is 16.3. The van der Waals surface area contributed by atoms with Crippen molar-refractivity contribution in [2.75, 3.05) is 0 Å². The van der Waals surface area contributed by atoms with E-state index in [1.807, 2.05) is 72.8 Å². The zero-order valence-corrected chi connectivity index (χ0v) is 27.0. The van der Waals surface area contributed by atoms with Crippen molar-refractivity contribution in [2.45, 2.75) is 12.3 Å². The van der Waals surface area contributed by atoms with Crippen LogP contribution in [0.25, 0.3) is 89.2 Å². The molecule has 3 heterocycles. The molecule has 9 aromatic rings. The molecule has 50 heavy (non-hydrogen) atoms. The molecule has 5 heteroatoms. The first-order chi connectivity index (χ1) is 24.8. The Morgan fingerprint density at radius 2 is 1.08 bits per heavy atom. The summed E-state index contributed by atoms with van der Waals surface area (Å²) >= 11 is 0. The summed E-state index contributed by atoms with van der Waals surface area (Å²) in [6.45, 7) is 0. The first-order valence-electron chi connectivity index (χ1n) is 16.9. The number of benzene rings is 6. The zero-order chi connectivity index (χ0) is 33.0. The fourth-order valence-electron chi connectivity index (χ4n) is 7.24. The summed E-state index contributed by atoms with van der Waals surface area (Å²) in [5.41, 5.74) is 9.53. The summed E-state index contributed by atoms with van der Waals surface area (Å²) in [5.74, 6) is 2.18. The number of furan rings is 2. The van der Waals surface area contributed by atoms with Crippen molar-refractivity contribution in [1.29, 1.82) is 0 Å². The molecule has 1 aliphatic carbocycles. The third kappa shape index (κ3) is 4.74. The molecular weight excluding hydrogens is 615 g/mol. The van der Waals surface area contributed by atoms with Crippen LogP contribution in [0.4, 0.5) is 0 Å². The van der Waals surface area contributed by atoms with Crippen molar-refractivity contribution >= 4 is 43.9 Å². The number of fused-ring (bicyclic) bond motifs is 6. The van der Waals surface area contributed by atoms with E-state index in [9.17, 15) is 0 Å². The largest absolute Gasteiger partial charge is 0.456 e. The second-order valence-corrected chi connectivity index (χ2v) is 12.7. The number of rotatable bonds is 5. The molecule has 3 aromatic heterocycles. The standard InChI is InChI=1S/C45H29N3O2/c1-3-11-28(12-4-1)29-21-23-30(24-22-29)32-25-26-38-36(27-32)42-35(17-10-20-40(42)50-38)45-47-43(31-13-5-2-6-14-31)46-44(48-45)34-16-9-19-39-41(34)33-15-7-8-18-37(33)49-39/h1-11,13-28H,12H2. The number of aromatic nitrogens is 3. The predicted molar refractivity (Wildman–Crippen MR) is 202 cm³/mol. The molecular formula is C45H29N3O2. The van der Waals surface area contributed by atoms with E-state index in [1.54, 1.807) is 0 Å². The smallest absolute Gasteiger partial charge is 0.164 e. The summed E-state index contributed by atoms with van der Waals surface area (Å²) in [6.07, 6.45) is 9.78. The number of allylic oxidation sites excluding steroid dienone is 4. The van der Waals surface area contributed by atoms with Gasteiger partial charge in [-0.15, -0.1) is 0 Å². The molecule has 0 saturated heterocycles. The van der Waals surface area contributed by atoms with Gasteiger partial charge in [0.1, 0.15) is 22.3 Å². The van der Waals surface area contributed by atoms with Gasteiger partial charge in [0.2, 0.25) is 0 Å². The van der Waals surface area contributed by atoms with Crippen LogP contribution in [0.5, 0.6) is 0 Å². The lowest BCUT2D eigenvalue weighted by Gasteiger charge is -2.14. The maximum Gasteiger partial charge on any atom is 0.164 e. The Labute approximate surface area is 287 Å². The summed E-state index contributed by atoms with van der Waals surface area (Å²) in [5, 5.41) is 4.00. The maximum atomic E-state index is 6.43. The maximum absolute atomic E-state index is 6.43. The van der Waals surface area contributed by atoms with Gasteiger partial charge in [0.15, 0.2) is 17.5 Å². The van der Waals surface area contributed by atoms with Gasteiger partial charge in [-0.3, -0.25) is 0 Å². The normalized spacial score (nSPS) is 14.4. The predicted octanol–water partition coefficient (Wildman–Crippen LogP) is 11.9. The summed E-state index contributed by atoms with van der Waals surface area (Å²) in [7, 11) is 0. The van der Waals surface area contributed by atoms with Crippen LogP contribution in [-0.2, 0) is 0 Å². The Kier molecular flexibility index (Phi) is 6.56. The van der Waals surface area contributed by atoms with Crippen LogP contribution >= 0.6 is 0 Å². The Morgan fingerprint density at radius 3 is 1.80 bits per heavy atom. The third-order valence-electron chi connectivity index (χ3n) is 9.70. The Hall–Kier alpha value is -6.59. The summed E-state index contributed by atoms with van der Waals surface area (Å²) in [6, 6.07) is 45.6. The second-order valence-electron chi connectivity index (χ2n) is 12.7. The van der Waals surface area contributed by atoms with Gasteiger partial charge in [0.25, 0.3) is 0 Å². The van der Waals surface area contributed by atoms with Crippen LogP contribution in [0.2, 0.25) is 0 Å². The SMILES string of the molecule is C1=CCC(c2ccc(-c3ccc4oc5cccc(-c6nc(-c7ccccc7)nc(-c7cccc8oc9ccccc9c78)n6)c5c4c3)cc2)C=C1. The van der Waals surface area contributed by atoms with Gasteiger partial charge in [-0.25, -0.2) is 15.0 Å². The fraction of sp³-hybridized carbons (Fsp3) is 0.0444. The van der Waals surface area contributed by atoms with Gasteiger partial charge in [-0.2, -0.15) is 0 Å². The highest BCUT2D eigenvalue weighted by Gasteiger charge is 2.20. The van der Waals surface area contributed by atoms with Crippen molar-refractivity contribution in [3.63, 3.8) is 0 Å². The van der Waals surface area contributed by atoms with Crippen LogP contribution in [0.1, 0.15) is 17.9 Å². The highest BCUT2D eigenvalue weighted by molar-refractivity contribution is 6.14. The molecule has 0 amide bonds. The van der Waals surface area contributed by atoms with E-state index in [0.29, 0.717) is 23.4 Å². The van der Waals surface area contributed by atoms with Gasteiger partial charge < -0.3 is 8.83 Å². The molecule has 0 N–H and O–H groups in total. The van der Waals surface area contributed by atoms with E-state index in [2.05, 4.69) is 85.0 Å². The number of hydrogen-bond donors (Lipinski definition) is 0. The Morgan fingerprint density at radius 1 is 0.460 bits per heavy atom. The van der Waals surface area contributed by atoms with Crippen LogP contribution in [0.3, 0.4) is 0 Å². The second kappa shape index (κ2) is 11.5. The molecule has 0 spiro atoms. The van der Waals surface area contributed by atoms with Gasteiger partial charge >= 0.3 is 0 Å². The molecule has 1 atom stereocenters. The minimum Gasteiger partial charge on any atom is -0.456 e. The fourth-order valence-corrected chi connectivity index (χ4v) is 7.24. The number of hydrogen-bond acceptors (Lipinski definition) is 5. The minimum absolute atomic E-state index is 0.419. The lowest BCUT2D eigenvalue weighted by atomic mass is 9.91. The molecule has 5 nitrogen and oxygen atoms in total. The van der Waals surface area contributed by atoms with Crippen molar-refractivity contribution in [2.24, 2.45) is 0 Å². The zero-order valence-electron chi connectivity index (χ0n) is 27.0. The summed E-state index contributed by atoms with van der Waals surface area (Å²) < 4.78 is 12.7. The van der Waals surface area contributed by atoms with E-state index in [4.69, 9.17) is 23.8 Å². The van der Waals surface area contributed by atoms with E-state index in [0.717, 1.165) is 78.1 Å². The van der Waals surface area contributed by atoms with Crippen molar-refractivity contribution in [1.82, 2.24) is 15.0 Å². The molecule has 0 saturated carbocycles. The monoisotopic (exact) mass is 643 g/mol. The molecule has 6 aromatic carbocycles. The first-order valence-corrected chi connectivity index (χ1v) is 16.9. The summed E-state index contributed by atoms with van der Waals surface area (Å²) in [4.78, 5) is 15.4. The van der Waals surface area contributed by atoms with E-state index >= 15 is 0 Å². The van der Waals surface area contributed by atoms with Gasteiger partial charge in [0.05, 0.1) is 0 Å². The lowest BCUT2D eigenvalue weighted by molar-refractivity contribution is 0.668. The van der Waals surface area contributed by atoms with Gasteiger partial charge in [-0.1, -0.05) is 127 Å². The number of nitrogens with zero attached hydrogens (tertiary/aromatic N) is 3. The number of para-hydroxylation sites is 1. The van der Waals surface area contributed by atoms with E-state index < -0.39 is 0 Å². The van der Waals surface area contributed by atoms with Crippen LogP contribution in [0, 0.1) is 0 Å². The Balaban J connectivity index is 1.16. The quantitative estimate of drug-likeness (QED) is 0.187. The molecule has 1 unspecified atom stereocenters. The van der Waals surface area contributed by atoms with Crippen molar-refractivity contribution in [3.05, 3.63) is 163 Å². The Bertz CT molecular complexity index is 2790. The van der Waals surface area contributed by atoms with E-state index in [1.165, 1.54) is 5.56 Å². The van der Waals surface area contributed by atoms with E-state index in [-0.39, 0.29) is 0 Å². The van der Waals surface area contributed by atoms with Gasteiger partial charge in [0, 0.05) is 44.2 Å². The van der Waals surface area contributed by atoms with Crippen molar-refractivity contribution < 1.29 is 8.83 Å². The molecule has 0 radical (unpaired) electrons. The minimum atomic E-state index is 0.419. The topological polar surface area (TPSA) is 65.0 Å². The first kappa shape index (κ1) is 28.4. The van der Waals surface area contributed by atoms with Crippen LogP contribution in [0.15, 0.2) is 167 Å². The average Bonchev–Trinajstić information content (AvgIpc) is 3.77. The van der Waals surface area contributed by atoms with Gasteiger partial charge in [-0.05, 0) is 53.4 Å².